The normalized spacial score (nSPS) is 14.6. The lowest BCUT2D eigenvalue weighted by Crippen LogP contribution is -2.55. The standard InChI is InChI=1S/C22H27FN4O2/c1-22(2,20(28)25-12-10-17-7-3-4-8-18(17)23)21(29)27-15-13-26(14-16-27)19-9-5-6-11-24-19/h3-9,11H,10,12-16H2,1-2H3,(H,25,28). The number of halogens is 1. The minimum Gasteiger partial charge on any atom is -0.355 e. The summed E-state index contributed by atoms with van der Waals surface area (Å²) >= 11 is 0. The van der Waals surface area contributed by atoms with E-state index in [1.165, 1.54) is 6.07 Å². The van der Waals surface area contributed by atoms with Crippen LogP contribution >= 0.6 is 0 Å². The van der Waals surface area contributed by atoms with Crippen LogP contribution < -0.4 is 10.2 Å². The van der Waals surface area contributed by atoms with Crippen molar-refractivity contribution in [3.8, 4) is 0 Å². The van der Waals surface area contributed by atoms with Crippen LogP contribution in [0.15, 0.2) is 48.7 Å². The quantitative estimate of drug-likeness (QED) is 0.758. The van der Waals surface area contributed by atoms with Crippen LogP contribution in [0.25, 0.3) is 0 Å². The summed E-state index contributed by atoms with van der Waals surface area (Å²) in [7, 11) is 0. The lowest BCUT2D eigenvalue weighted by molar-refractivity contribution is -0.148. The average Bonchev–Trinajstić information content (AvgIpc) is 2.75. The van der Waals surface area contributed by atoms with Gasteiger partial charge in [0.1, 0.15) is 17.1 Å². The summed E-state index contributed by atoms with van der Waals surface area (Å²) in [6.45, 7) is 5.99. The zero-order valence-corrected chi connectivity index (χ0v) is 16.9. The largest absolute Gasteiger partial charge is 0.355 e. The van der Waals surface area contributed by atoms with Gasteiger partial charge in [0.05, 0.1) is 0 Å². The number of carbonyl (C=O) groups is 2. The molecule has 1 aromatic heterocycles. The summed E-state index contributed by atoms with van der Waals surface area (Å²) < 4.78 is 13.7. The Bertz CT molecular complexity index is 849. The fourth-order valence-electron chi connectivity index (χ4n) is 3.40. The molecule has 1 saturated heterocycles. The molecule has 2 heterocycles. The molecule has 0 unspecified atom stereocenters. The SMILES string of the molecule is CC(C)(C(=O)NCCc1ccccc1F)C(=O)N1CCN(c2ccccn2)CC1. The maximum absolute atomic E-state index is 13.7. The molecule has 1 fully saturated rings. The Morgan fingerprint density at radius 2 is 1.76 bits per heavy atom. The first kappa shape index (κ1) is 20.8. The number of piperazine rings is 1. The molecule has 1 aromatic carbocycles. The number of amides is 2. The van der Waals surface area contributed by atoms with Crippen molar-refractivity contribution in [3.05, 3.63) is 60.0 Å². The Morgan fingerprint density at radius 3 is 2.41 bits per heavy atom. The molecule has 29 heavy (non-hydrogen) atoms. The number of anilines is 1. The number of nitrogens with one attached hydrogen (secondary N) is 1. The highest BCUT2D eigenvalue weighted by Crippen LogP contribution is 2.22. The van der Waals surface area contributed by atoms with Gasteiger partial charge >= 0.3 is 0 Å². The molecule has 2 aromatic rings. The molecule has 154 valence electrons. The van der Waals surface area contributed by atoms with Crippen LogP contribution in [-0.2, 0) is 16.0 Å². The summed E-state index contributed by atoms with van der Waals surface area (Å²) in [6, 6.07) is 12.2. The molecule has 0 saturated carbocycles. The number of hydrogen-bond acceptors (Lipinski definition) is 4. The highest BCUT2D eigenvalue weighted by atomic mass is 19.1. The summed E-state index contributed by atoms with van der Waals surface area (Å²) in [4.78, 5) is 33.8. The molecule has 0 radical (unpaired) electrons. The molecule has 0 spiro atoms. The third-order valence-electron chi connectivity index (χ3n) is 5.28. The number of aromatic nitrogens is 1. The Kier molecular flexibility index (Phi) is 6.46. The van der Waals surface area contributed by atoms with E-state index in [1.54, 1.807) is 43.1 Å². The van der Waals surface area contributed by atoms with E-state index in [4.69, 9.17) is 0 Å². The molecule has 2 amide bonds. The highest BCUT2D eigenvalue weighted by Gasteiger charge is 2.39. The minimum atomic E-state index is -1.18. The molecule has 1 N–H and O–H groups in total. The van der Waals surface area contributed by atoms with E-state index < -0.39 is 5.41 Å². The maximum atomic E-state index is 13.7. The molecule has 0 aliphatic carbocycles. The fraction of sp³-hybridized carbons (Fsp3) is 0.409. The minimum absolute atomic E-state index is 0.193. The van der Waals surface area contributed by atoms with Gasteiger partial charge in [0, 0.05) is 38.9 Å². The number of pyridine rings is 1. The summed E-state index contributed by atoms with van der Waals surface area (Å²) in [6.07, 6.45) is 2.13. The lowest BCUT2D eigenvalue weighted by atomic mass is 9.90. The molecular formula is C22H27FN4O2. The van der Waals surface area contributed by atoms with Crippen molar-refractivity contribution in [3.63, 3.8) is 0 Å². The van der Waals surface area contributed by atoms with E-state index in [-0.39, 0.29) is 24.2 Å². The molecule has 0 bridgehead atoms. The Balaban J connectivity index is 1.51. The van der Waals surface area contributed by atoms with Gasteiger partial charge in [-0.2, -0.15) is 0 Å². The van der Waals surface area contributed by atoms with Gasteiger partial charge in [-0.3, -0.25) is 9.59 Å². The van der Waals surface area contributed by atoms with Crippen LogP contribution in [0.4, 0.5) is 10.2 Å². The van der Waals surface area contributed by atoms with Gasteiger partial charge in [-0.15, -0.1) is 0 Å². The molecule has 6 nitrogen and oxygen atoms in total. The van der Waals surface area contributed by atoms with Crippen molar-refractivity contribution in [2.75, 3.05) is 37.6 Å². The van der Waals surface area contributed by atoms with E-state index in [9.17, 15) is 14.0 Å². The van der Waals surface area contributed by atoms with Gasteiger partial charge < -0.3 is 15.1 Å². The molecule has 1 aliphatic rings. The van der Waals surface area contributed by atoms with Gasteiger partial charge in [-0.05, 0) is 44.0 Å². The van der Waals surface area contributed by atoms with E-state index in [1.807, 2.05) is 18.2 Å². The summed E-state index contributed by atoms with van der Waals surface area (Å²) in [5.41, 5.74) is -0.634. The van der Waals surface area contributed by atoms with Gasteiger partial charge in [0.15, 0.2) is 0 Å². The third-order valence-corrected chi connectivity index (χ3v) is 5.28. The van der Waals surface area contributed by atoms with Crippen molar-refractivity contribution >= 4 is 17.6 Å². The molecular weight excluding hydrogens is 371 g/mol. The number of carbonyl (C=O) groups excluding carboxylic acids is 2. The Hall–Kier alpha value is -2.96. The van der Waals surface area contributed by atoms with E-state index in [0.29, 0.717) is 38.2 Å². The fourth-order valence-corrected chi connectivity index (χ4v) is 3.40. The van der Waals surface area contributed by atoms with Crippen molar-refractivity contribution in [1.82, 2.24) is 15.2 Å². The highest BCUT2D eigenvalue weighted by molar-refractivity contribution is 6.04. The Morgan fingerprint density at radius 1 is 1.07 bits per heavy atom. The molecule has 7 heteroatoms. The number of benzene rings is 1. The first-order valence-corrected chi connectivity index (χ1v) is 9.86. The van der Waals surface area contributed by atoms with Crippen molar-refractivity contribution in [2.45, 2.75) is 20.3 Å². The van der Waals surface area contributed by atoms with Crippen LogP contribution in [0.3, 0.4) is 0 Å². The molecule has 0 atom stereocenters. The smallest absolute Gasteiger partial charge is 0.237 e. The van der Waals surface area contributed by atoms with Gasteiger partial charge in [0.2, 0.25) is 11.8 Å². The Labute approximate surface area is 170 Å². The summed E-state index contributed by atoms with van der Waals surface area (Å²) in [5, 5.41) is 2.78. The summed E-state index contributed by atoms with van der Waals surface area (Å²) in [5.74, 6) is 0.0696. The zero-order valence-electron chi connectivity index (χ0n) is 16.9. The third kappa shape index (κ3) is 4.91. The van der Waals surface area contributed by atoms with Crippen molar-refractivity contribution in [1.29, 1.82) is 0 Å². The van der Waals surface area contributed by atoms with E-state index >= 15 is 0 Å². The van der Waals surface area contributed by atoms with Gasteiger partial charge in [-0.25, -0.2) is 9.37 Å². The molecule has 3 rings (SSSR count). The average molecular weight is 398 g/mol. The first-order valence-electron chi connectivity index (χ1n) is 9.86. The second kappa shape index (κ2) is 9.03. The number of rotatable bonds is 6. The van der Waals surface area contributed by atoms with Crippen LogP contribution in [-0.4, -0.2) is 54.4 Å². The van der Waals surface area contributed by atoms with Gasteiger partial charge in [-0.1, -0.05) is 24.3 Å². The van der Waals surface area contributed by atoms with Crippen LogP contribution in [0, 0.1) is 11.2 Å². The predicted octanol–water partition coefficient (Wildman–Crippen LogP) is 2.25. The monoisotopic (exact) mass is 398 g/mol. The zero-order chi connectivity index (χ0) is 20.9. The number of hydrogen-bond donors (Lipinski definition) is 1. The van der Waals surface area contributed by atoms with Crippen molar-refractivity contribution < 1.29 is 14.0 Å². The van der Waals surface area contributed by atoms with Crippen LogP contribution in [0.2, 0.25) is 0 Å². The predicted molar refractivity (Wildman–Crippen MR) is 110 cm³/mol. The maximum Gasteiger partial charge on any atom is 0.237 e. The number of nitrogens with zero attached hydrogens (tertiary/aromatic N) is 3. The van der Waals surface area contributed by atoms with E-state index in [0.717, 1.165) is 5.82 Å². The topological polar surface area (TPSA) is 65.5 Å². The van der Waals surface area contributed by atoms with Crippen LogP contribution in [0.1, 0.15) is 19.4 Å². The van der Waals surface area contributed by atoms with Gasteiger partial charge in [0.25, 0.3) is 0 Å². The molecule has 1 aliphatic heterocycles. The van der Waals surface area contributed by atoms with Crippen LogP contribution in [0.5, 0.6) is 0 Å². The lowest BCUT2D eigenvalue weighted by Gasteiger charge is -2.38. The second-order valence-electron chi connectivity index (χ2n) is 7.69. The van der Waals surface area contributed by atoms with E-state index in [2.05, 4.69) is 15.2 Å². The van der Waals surface area contributed by atoms with Crippen molar-refractivity contribution in [2.24, 2.45) is 5.41 Å². The first-order chi connectivity index (χ1) is 13.9. The second-order valence-corrected chi connectivity index (χ2v) is 7.69.